The van der Waals surface area contributed by atoms with E-state index in [9.17, 15) is 4.39 Å². The molecule has 0 heterocycles. The predicted octanol–water partition coefficient (Wildman–Crippen LogP) is 4.08. The molecule has 0 fully saturated rings. The second kappa shape index (κ2) is 5.20. The zero-order valence-corrected chi connectivity index (χ0v) is 9.24. The third-order valence-corrected chi connectivity index (χ3v) is 2.51. The Labute approximate surface area is 89.3 Å². The van der Waals surface area contributed by atoms with E-state index in [1.807, 2.05) is 0 Å². The summed E-state index contributed by atoms with van der Waals surface area (Å²) in [7, 11) is 0. The van der Waals surface area contributed by atoms with Crippen molar-refractivity contribution in [2.24, 2.45) is 0 Å². The van der Waals surface area contributed by atoms with Gasteiger partial charge in [-0.15, -0.1) is 0 Å². The molecule has 14 heavy (non-hydrogen) atoms. The Bertz CT molecular complexity index is 297. The number of hydrogen-bond donors (Lipinski definition) is 1. The lowest BCUT2D eigenvalue weighted by Gasteiger charge is -2.16. The van der Waals surface area contributed by atoms with Crippen LogP contribution in [-0.2, 0) is 0 Å². The molecule has 1 N–H and O–H groups in total. The van der Waals surface area contributed by atoms with Crippen LogP contribution in [0.4, 0.5) is 10.1 Å². The first-order valence-corrected chi connectivity index (χ1v) is 5.26. The molecule has 0 atom stereocenters. The van der Waals surface area contributed by atoms with Crippen molar-refractivity contribution in [3.8, 4) is 0 Å². The standard InChI is InChI=1S/C11H15ClFN/c1-3-9(4-2)14-11-6-5-8(12)7-10(11)13/h5-7,9,14H,3-4H2,1-2H3. The molecule has 0 spiro atoms. The summed E-state index contributed by atoms with van der Waals surface area (Å²) in [5.41, 5.74) is 0.531. The first-order chi connectivity index (χ1) is 6.67. The minimum Gasteiger partial charge on any atom is -0.380 e. The highest BCUT2D eigenvalue weighted by Gasteiger charge is 2.07. The average molecular weight is 216 g/mol. The molecule has 0 saturated heterocycles. The van der Waals surface area contributed by atoms with Crippen LogP contribution in [0.3, 0.4) is 0 Å². The molecule has 0 unspecified atom stereocenters. The number of halogens is 2. The smallest absolute Gasteiger partial charge is 0.147 e. The zero-order valence-electron chi connectivity index (χ0n) is 8.48. The van der Waals surface area contributed by atoms with Gasteiger partial charge in [-0.25, -0.2) is 4.39 Å². The van der Waals surface area contributed by atoms with Crippen LogP contribution >= 0.6 is 11.6 Å². The van der Waals surface area contributed by atoms with E-state index >= 15 is 0 Å². The molecule has 1 rings (SSSR count). The Morgan fingerprint density at radius 2 is 2.00 bits per heavy atom. The number of benzene rings is 1. The fourth-order valence-corrected chi connectivity index (χ4v) is 1.48. The molecular formula is C11H15ClFN. The highest BCUT2D eigenvalue weighted by Crippen LogP contribution is 2.20. The maximum Gasteiger partial charge on any atom is 0.147 e. The topological polar surface area (TPSA) is 12.0 Å². The van der Waals surface area contributed by atoms with Gasteiger partial charge in [-0.1, -0.05) is 25.4 Å². The highest BCUT2D eigenvalue weighted by atomic mass is 35.5. The monoisotopic (exact) mass is 215 g/mol. The summed E-state index contributed by atoms with van der Waals surface area (Å²) in [4.78, 5) is 0. The first-order valence-electron chi connectivity index (χ1n) is 4.89. The van der Waals surface area contributed by atoms with E-state index in [0.29, 0.717) is 16.8 Å². The lowest BCUT2D eigenvalue weighted by Crippen LogP contribution is -2.17. The normalized spacial score (nSPS) is 10.6. The van der Waals surface area contributed by atoms with Crippen LogP contribution in [0.1, 0.15) is 26.7 Å². The molecule has 0 bridgehead atoms. The largest absolute Gasteiger partial charge is 0.380 e. The van der Waals surface area contributed by atoms with Gasteiger partial charge in [-0.05, 0) is 31.0 Å². The molecule has 0 aromatic heterocycles. The minimum atomic E-state index is -0.288. The maximum atomic E-state index is 13.3. The van der Waals surface area contributed by atoms with Gasteiger partial charge < -0.3 is 5.32 Å². The third-order valence-electron chi connectivity index (χ3n) is 2.28. The predicted molar refractivity (Wildman–Crippen MR) is 59.4 cm³/mol. The molecule has 1 nitrogen and oxygen atoms in total. The van der Waals surface area contributed by atoms with Crippen molar-refractivity contribution in [1.29, 1.82) is 0 Å². The molecule has 1 aromatic carbocycles. The van der Waals surface area contributed by atoms with Gasteiger partial charge in [-0.2, -0.15) is 0 Å². The summed E-state index contributed by atoms with van der Waals surface area (Å²) < 4.78 is 13.3. The van der Waals surface area contributed by atoms with Gasteiger partial charge in [0.25, 0.3) is 0 Å². The van der Waals surface area contributed by atoms with Crippen molar-refractivity contribution in [1.82, 2.24) is 0 Å². The summed E-state index contributed by atoms with van der Waals surface area (Å²) in [5, 5.41) is 3.57. The summed E-state index contributed by atoms with van der Waals surface area (Å²) >= 11 is 5.65. The second-order valence-electron chi connectivity index (χ2n) is 3.28. The molecule has 0 aliphatic rings. The van der Waals surface area contributed by atoms with Crippen LogP contribution in [0.5, 0.6) is 0 Å². The fraction of sp³-hybridized carbons (Fsp3) is 0.455. The van der Waals surface area contributed by atoms with Crippen LogP contribution in [0, 0.1) is 5.82 Å². The summed E-state index contributed by atoms with van der Waals surface area (Å²) in [6, 6.07) is 5.02. The number of anilines is 1. The molecule has 1 aromatic rings. The second-order valence-corrected chi connectivity index (χ2v) is 3.72. The van der Waals surface area contributed by atoms with Crippen molar-refractivity contribution >= 4 is 17.3 Å². The van der Waals surface area contributed by atoms with Crippen LogP contribution in [0.25, 0.3) is 0 Å². The van der Waals surface area contributed by atoms with Gasteiger partial charge in [0, 0.05) is 11.1 Å². The van der Waals surface area contributed by atoms with Crippen molar-refractivity contribution in [2.75, 3.05) is 5.32 Å². The number of rotatable bonds is 4. The van der Waals surface area contributed by atoms with Gasteiger partial charge in [0.1, 0.15) is 5.82 Å². The lowest BCUT2D eigenvalue weighted by molar-refractivity contribution is 0.615. The SMILES string of the molecule is CCC(CC)Nc1ccc(Cl)cc1F. The molecular weight excluding hydrogens is 201 g/mol. The third kappa shape index (κ3) is 2.88. The summed E-state index contributed by atoms with van der Waals surface area (Å²) in [6.07, 6.45) is 1.97. The molecule has 0 aliphatic carbocycles. The zero-order chi connectivity index (χ0) is 10.6. The van der Waals surface area contributed by atoms with Gasteiger partial charge in [0.15, 0.2) is 0 Å². The van der Waals surface area contributed by atoms with Gasteiger partial charge in [0.05, 0.1) is 5.69 Å². The maximum absolute atomic E-state index is 13.3. The van der Waals surface area contributed by atoms with E-state index in [4.69, 9.17) is 11.6 Å². The fourth-order valence-electron chi connectivity index (χ4n) is 1.32. The Kier molecular flexibility index (Phi) is 4.21. The molecule has 0 radical (unpaired) electrons. The molecule has 0 amide bonds. The van der Waals surface area contributed by atoms with E-state index in [0.717, 1.165) is 12.8 Å². The van der Waals surface area contributed by atoms with Gasteiger partial charge in [0.2, 0.25) is 0 Å². The van der Waals surface area contributed by atoms with Crippen LogP contribution in [0.15, 0.2) is 18.2 Å². The number of hydrogen-bond acceptors (Lipinski definition) is 1. The number of nitrogens with one attached hydrogen (secondary N) is 1. The van der Waals surface area contributed by atoms with E-state index in [1.165, 1.54) is 6.07 Å². The molecule has 0 aliphatic heterocycles. The van der Waals surface area contributed by atoms with E-state index in [1.54, 1.807) is 12.1 Å². The van der Waals surface area contributed by atoms with Crippen LogP contribution in [-0.4, -0.2) is 6.04 Å². The average Bonchev–Trinajstić information content (AvgIpc) is 2.17. The van der Waals surface area contributed by atoms with Crippen molar-refractivity contribution in [3.05, 3.63) is 29.0 Å². The highest BCUT2D eigenvalue weighted by molar-refractivity contribution is 6.30. The summed E-state index contributed by atoms with van der Waals surface area (Å²) in [5.74, 6) is -0.288. The van der Waals surface area contributed by atoms with Crippen molar-refractivity contribution in [3.63, 3.8) is 0 Å². The Balaban J connectivity index is 2.76. The van der Waals surface area contributed by atoms with E-state index in [2.05, 4.69) is 19.2 Å². The van der Waals surface area contributed by atoms with E-state index in [-0.39, 0.29) is 5.82 Å². The Morgan fingerprint density at radius 1 is 1.36 bits per heavy atom. The first kappa shape index (κ1) is 11.3. The quantitative estimate of drug-likeness (QED) is 0.798. The Hall–Kier alpha value is -0.760. The van der Waals surface area contributed by atoms with Crippen molar-refractivity contribution in [2.45, 2.75) is 32.7 Å². The van der Waals surface area contributed by atoms with Crippen molar-refractivity contribution < 1.29 is 4.39 Å². The molecule has 3 heteroatoms. The minimum absolute atomic E-state index is 0.288. The van der Waals surface area contributed by atoms with Gasteiger partial charge in [-0.3, -0.25) is 0 Å². The van der Waals surface area contributed by atoms with E-state index < -0.39 is 0 Å². The molecule has 78 valence electrons. The van der Waals surface area contributed by atoms with Crippen LogP contribution < -0.4 is 5.32 Å². The lowest BCUT2D eigenvalue weighted by atomic mass is 10.1. The summed E-state index contributed by atoms with van der Waals surface area (Å²) in [6.45, 7) is 4.16. The Morgan fingerprint density at radius 3 is 2.50 bits per heavy atom. The molecule has 0 saturated carbocycles. The van der Waals surface area contributed by atoms with Crippen LogP contribution in [0.2, 0.25) is 5.02 Å². The van der Waals surface area contributed by atoms with Gasteiger partial charge >= 0.3 is 0 Å².